The highest BCUT2D eigenvalue weighted by Crippen LogP contribution is 2.46. The van der Waals surface area contributed by atoms with E-state index in [1.54, 1.807) is 26.8 Å². The average Bonchev–Trinajstić information content (AvgIpc) is 4.04. The number of amides is 4. The van der Waals surface area contributed by atoms with Crippen molar-refractivity contribution in [2.45, 2.75) is 107 Å². The molecule has 2 saturated carbocycles. The van der Waals surface area contributed by atoms with Gasteiger partial charge in [-0.3, -0.25) is 19.1 Å². The molecule has 300 valence electrons. The number of benzene rings is 1. The Kier molecular flexibility index (Phi) is 11.6. The molecule has 3 heterocycles. The van der Waals surface area contributed by atoms with E-state index in [0.717, 1.165) is 0 Å². The van der Waals surface area contributed by atoms with E-state index >= 15 is 0 Å². The molecule has 2 aliphatic heterocycles. The van der Waals surface area contributed by atoms with Gasteiger partial charge in [0.25, 0.3) is 5.91 Å². The van der Waals surface area contributed by atoms with Crippen LogP contribution in [0.5, 0.6) is 11.6 Å². The SMILES string of the molecule is COC[C@@H]1CCCC/C=C\[C@H]2C[C@]2(C(=O)NS(=O)(=O)C2CC2)NC(=O)[C@@H]2C[C@@H](Oc3nccc4cc(OC)c(F)cc34)CN2C(=O)[C@H]1NC(=O)OC(C)(C)C. The largest absolute Gasteiger partial charge is 0.494 e. The van der Waals surface area contributed by atoms with Crippen molar-refractivity contribution in [2.75, 3.05) is 27.4 Å². The number of halogens is 1. The van der Waals surface area contributed by atoms with Gasteiger partial charge < -0.3 is 34.5 Å². The molecular weight excluding hydrogens is 738 g/mol. The number of fused-ring (bicyclic) bond motifs is 3. The number of aromatic nitrogens is 1. The second-order valence-corrected chi connectivity index (χ2v) is 17.8. The molecule has 2 aliphatic carbocycles. The molecule has 0 spiro atoms. The van der Waals surface area contributed by atoms with Gasteiger partial charge in [-0.05, 0) is 82.9 Å². The van der Waals surface area contributed by atoms with Gasteiger partial charge in [-0.1, -0.05) is 18.6 Å². The molecule has 3 N–H and O–H groups in total. The number of pyridine rings is 1. The lowest BCUT2D eigenvalue weighted by Crippen LogP contribution is -2.59. The molecule has 1 saturated heterocycles. The van der Waals surface area contributed by atoms with Crippen LogP contribution in [0.25, 0.3) is 10.8 Å². The van der Waals surface area contributed by atoms with Gasteiger partial charge in [0.2, 0.25) is 27.7 Å². The van der Waals surface area contributed by atoms with Gasteiger partial charge in [0, 0.05) is 36.9 Å². The van der Waals surface area contributed by atoms with E-state index in [4.69, 9.17) is 18.9 Å². The quantitative estimate of drug-likeness (QED) is 0.316. The first kappa shape index (κ1) is 40.2. The van der Waals surface area contributed by atoms with Crippen LogP contribution in [0.4, 0.5) is 9.18 Å². The zero-order valence-electron chi connectivity index (χ0n) is 31.8. The van der Waals surface area contributed by atoms with Crippen LogP contribution in [0.2, 0.25) is 0 Å². The molecule has 17 heteroatoms. The molecule has 1 aromatic heterocycles. The fourth-order valence-corrected chi connectivity index (χ4v) is 8.74. The van der Waals surface area contributed by atoms with Crippen molar-refractivity contribution in [3.05, 3.63) is 42.4 Å². The first-order valence-electron chi connectivity index (χ1n) is 18.7. The summed E-state index contributed by atoms with van der Waals surface area (Å²) in [6, 6.07) is 1.99. The lowest BCUT2D eigenvalue weighted by molar-refractivity contribution is -0.142. The maximum absolute atomic E-state index is 14.9. The number of carbonyl (C=O) groups is 4. The van der Waals surface area contributed by atoms with Crippen LogP contribution < -0.4 is 24.8 Å². The summed E-state index contributed by atoms with van der Waals surface area (Å²) >= 11 is 0. The number of nitrogens with zero attached hydrogens (tertiary/aromatic N) is 2. The number of carbonyl (C=O) groups excluding carboxylic acids is 4. The predicted octanol–water partition coefficient (Wildman–Crippen LogP) is 3.50. The molecule has 6 atom stereocenters. The van der Waals surface area contributed by atoms with Crippen LogP contribution in [0.1, 0.15) is 72.1 Å². The normalized spacial score (nSPS) is 28.1. The Morgan fingerprint density at radius 3 is 2.58 bits per heavy atom. The number of sulfonamides is 1. The van der Waals surface area contributed by atoms with Crippen molar-refractivity contribution < 1.29 is 50.9 Å². The first-order chi connectivity index (χ1) is 26.0. The summed E-state index contributed by atoms with van der Waals surface area (Å²) in [5.41, 5.74) is -2.44. The minimum absolute atomic E-state index is 0.0314. The first-order valence-corrected chi connectivity index (χ1v) is 20.2. The van der Waals surface area contributed by atoms with E-state index in [2.05, 4.69) is 20.3 Å². The van der Waals surface area contributed by atoms with E-state index in [9.17, 15) is 32.0 Å². The molecule has 6 rings (SSSR count). The highest BCUT2D eigenvalue weighted by molar-refractivity contribution is 7.91. The third-order valence-electron chi connectivity index (χ3n) is 10.4. The average molecular weight is 788 g/mol. The topological polar surface area (TPSA) is 192 Å². The van der Waals surface area contributed by atoms with Gasteiger partial charge in [-0.25, -0.2) is 22.6 Å². The van der Waals surface area contributed by atoms with Crippen LogP contribution in [0, 0.1) is 17.7 Å². The number of alkyl carbamates (subject to hydrolysis) is 1. The smallest absolute Gasteiger partial charge is 0.408 e. The van der Waals surface area contributed by atoms with Crippen molar-refractivity contribution in [1.29, 1.82) is 0 Å². The van der Waals surface area contributed by atoms with Gasteiger partial charge in [0.1, 0.15) is 29.3 Å². The van der Waals surface area contributed by atoms with E-state index in [1.165, 1.54) is 37.4 Å². The minimum atomic E-state index is -3.93. The van der Waals surface area contributed by atoms with Gasteiger partial charge >= 0.3 is 6.09 Å². The summed E-state index contributed by atoms with van der Waals surface area (Å²) in [4.78, 5) is 61.9. The summed E-state index contributed by atoms with van der Waals surface area (Å²) < 4.78 is 65.3. The number of allylic oxidation sites excluding steroid dienone is 1. The fourth-order valence-electron chi connectivity index (χ4n) is 7.38. The second-order valence-electron chi connectivity index (χ2n) is 15.8. The Labute approximate surface area is 320 Å². The molecule has 2 aromatic rings. The number of hydrogen-bond acceptors (Lipinski definition) is 11. The Balaban J connectivity index is 1.36. The highest BCUT2D eigenvalue weighted by atomic mass is 32.2. The highest BCUT2D eigenvalue weighted by Gasteiger charge is 2.62. The molecule has 0 bridgehead atoms. The number of rotatable bonds is 9. The lowest BCUT2D eigenvalue weighted by atomic mass is 9.92. The van der Waals surface area contributed by atoms with E-state index in [1.807, 2.05) is 12.2 Å². The minimum Gasteiger partial charge on any atom is -0.494 e. The maximum atomic E-state index is 14.9. The van der Waals surface area contributed by atoms with Gasteiger partial charge in [0.05, 0.1) is 25.5 Å². The summed E-state index contributed by atoms with van der Waals surface area (Å²) in [5, 5.41) is 5.85. The van der Waals surface area contributed by atoms with Crippen molar-refractivity contribution in [1.82, 2.24) is 25.2 Å². The standard InChI is InChI=1S/C38H50FN5O10S/c1-37(2,3)54-36(48)41-31-23(21-51-4)10-8-6-7-9-11-24-19-38(24,35(47)43-55(49,50)26-12-13-26)42-32(45)29-17-25(20-44(29)34(31)46)53-33-27-18-28(39)30(52-5)16-22(27)14-15-40-33/h9,11,14-16,18,23-26,29,31H,6-8,10,12-13,17,19-21H2,1-5H3,(H,41,48)(H,42,45)(H,43,47)/b11-9-/t23-,24-,25+,29-,31-,38-/m0/s1. The number of nitrogens with one attached hydrogen (secondary N) is 3. The number of ether oxygens (including phenoxy) is 4. The Hall–Kier alpha value is -4.51. The molecule has 0 unspecified atom stereocenters. The van der Waals surface area contributed by atoms with Gasteiger partial charge in [0.15, 0.2) is 11.6 Å². The summed E-state index contributed by atoms with van der Waals surface area (Å²) in [7, 11) is -1.08. The zero-order valence-corrected chi connectivity index (χ0v) is 32.6. The van der Waals surface area contributed by atoms with E-state index in [0.29, 0.717) is 49.3 Å². The van der Waals surface area contributed by atoms with Crippen molar-refractivity contribution in [3.8, 4) is 11.6 Å². The summed E-state index contributed by atoms with van der Waals surface area (Å²) in [6.45, 7) is 5.07. The third-order valence-corrected chi connectivity index (χ3v) is 12.3. The van der Waals surface area contributed by atoms with Gasteiger partial charge in [-0.2, -0.15) is 0 Å². The Morgan fingerprint density at radius 1 is 1.13 bits per heavy atom. The molecule has 0 radical (unpaired) electrons. The molecule has 3 fully saturated rings. The van der Waals surface area contributed by atoms with Crippen LogP contribution >= 0.6 is 0 Å². The monoisotopic (exact) mass is 787 g/mol. The number of hydrogen-bond donors (Lipinski definition) is 3. The lowest BCUT2D eigenvalue weighted by Gasteiger charge is -2.33. The third kappa shape index (κ3) is 9.14. The molecule has 4 aliphatic rings. The van der Waals surface area contributed by atoms with Crippen LogP contribution in [0.3, 0.4) is 0 Å². The molecule has 55 heavy (non-hydrogen) atoms. The maximum Gasteiger partial charge on any atom is 0.408 e. The Morgan fingerprint density at radius 2 is 1.89 bits per heavy atom. The second kappa shape index (κ2) is 15.9. The van der Waals surface area contributed by atoms with Crippen molar-refractivity contribution in [3.63, 3.8) is 0 Å². The number of methoxy groups -OCH3 is 2. The summed E-state index contributed by atoms with van der Waals surface area (Å²) in [5.74, 6) is -3.68. The zero-order chi connectivity index (χ0) is 39.7. The van der Waals surface area contributed by atoms with Crippen molar-refractivity contribution in [2.24, 2.45) is 11.8 Å². The summed E-state index contributed by atoms with van der Waals surface area (Å²) in [6.07, 6.45) is 7.02. The van der Waals surface area contributed by atoms with Crippen LogP contribution in [-0.4, -0.2) is 104 Å². The van der Waals surface area contributed by atoms with Crippen molar-refractivity contribution >= 4 is 44.6 Å². The Bertz CT molecular complexity index is 1950. The predicted molar refractivity (Wildman–Crippen MR) is 198 cm³/mol. The van der Waals surface area contributed by atoms with E-state index in [-0.39, 0.29) is 37.6 Å². The van der Waals surface area contributed by atoms with E-state index < -0.39 is 86.1 Å². The van der Waals surface area contributed by atoms with Gasteiger partial charge in [-0.15, -0.1) is 0 Å². The van der Waals surface area contributed by atoms with Crippen LogP contribution in [0.15, 0.2) is 36.5 Å². The molecule has 1 aromatic carbocycles. The van der Waals surface area contributed by atoms with Crippen LogP contribution in [-0.2, 0) is 33.9 Å². The molecule has 15 nitrogen and oxygen atoms in total. The molecule has 4 amide bonds. The molecular formula is C38H50FN5O10S. The fraction of sp³-hybridized carbons (Fsp3) is 0.605.